The van der Waals surface area contributed by atoms with E-state index < -0.39 is 0 Å². The van der Waals surface area contributed by atoms with Crippen LogP contribution in [0.2, 0.25) is 0 Å². The summed E-state index contributed by atoms with van der Waals surface area (Å²) in [4.78, 5) is 15.8. The first kappa shape index (κ1) is 12.4. The van der Waals surface area contributed by atoms with Crippen molar-refractivity contribution in [2.75, 3.05) is 40.4 Å². The van der Waals surface area contributed by atoms with Gasteiger partial charge < -0.3 is 15.4 Å². The molecule has 0 aromatic carbocycles. The van der Waals surface area contributed by atoms with Crippen LogP contribution in [0.1, 0.15) is 6.92 Å². The molecule has 0 aliphatic carbocycles. The van der Waals surface area contributed by atoms with Crippen LogP contribution in [0.15, 0.2) is 0 Å². The summed E-state index contributed by atoms with van der Waals surface area (Å²) < 4.78 is 5.03. The summed E-state index contributed by atoms with van der Waals surface area (Å²) in [6.07, 6.45) is 0. The van der Waals surface area contributed by atoms with Gasteiger partial charge in [-0.2, -0.15) is 0 Å². The molecule has 0 saturated carbocycles. The van der Waals surface area contributed by atoms with Gasteiger partial charge in [-0.25, -0.2) is 0 Å². The SMILES string of the molecule is COCCN1CC(C)N(C)C(=O)C1CN. The van der Waals surface area contributed by atoms with Crippen molar-refractivity contribution in [1.82, 2.24) is 9.80 Å². The lowest BCUT2D eigenvalue weighted by Gasteiger charge is -2.42. The van der Waals surface area contributed by atoms with E-state index in [1.807, 2.05) is 14.0 Å². The van der Waals surface area contributed by atoms with Crippen molar-refractivity contribution in [2.45, 2.75) is 19.0 Å². The normalized spacial score (nSPS) is 28.5. The maximum absolute atomic E-state index is 11.9. The molecule has 2 atom stereocenters. The number of carbonyl (C=O) groups is 1. The molecular formula is C10H21N3O2. The van der Waals surface area contributed by atoms with Crippen LogP contribution in [-0.2, 0) is 9.53 Å². The van der Waals surface area contributed by atoms with E-state index in [1.54, 1.807) is 12.0 Å². The third-order valence-electron chi connectivity index (χ3n) is 3.04. The Bertz CT molecular complexity index is 223. The van der Waals surface area contributed by atoms with Crippen molar-refractivity contribution in [3.63, 3.8) is 0 Å². The Hall–Kier alpha value is -0.650. The number of hydrogen-bond donors (Lipinski definition) is 1. The van der Waals surface area contributed by atoms with Gasteiger partial charge in [-0.1, -0.05) is 0 Å². The first-order valence-electron chi connectivity index (χ1n) is 5.31. The Morgan fingerprint density at radius 3 is 2.80 bits per heavy atom. The van der Waals surface area contributed by atoms with Crippen LogP contribution < -0.4 is 5.73 Å². The van der Waals surface area contributed by atoms with Gasteiger partial charge >= 0.3 is 0 Å². The molecule has 5 nitrogen and oxygen atoms in total. The van der Waals surface area contributed by atoms with E-state index >= 15 is 0 Å². The first-order chi connectivity index (χ1) is 7.11. The molecule has 2 unspecified atom stereocenters. The second-order valence-electron chi connectivity index (χ2n) is 4.04. The molecule has 0 aromatic heterocycles. The van der Waals surface area contributed by atoms with Gasteiger partial charge in [0, 0.05) is 39.8 Å². The van der Waals surface area contributed by atoms with Gasteiger partial charge in [0.25, 0.3) is 0 Å². The monoisotopic (exact) mass is 215 g/mol. The van der Waals surface area contributed by atoms with Gasteiger partial charge in [0.15, 0.2) is 0 Å². The van der Waals surface area contributed by atoms with Crippen molar-refractivity contribution < 1.29 is 9.53 Å². The second kappa shape index (κ2) is 5.44. The highest BCUT2D eigenvalue weighted by molar-refractivity contribution is 5.83. The fourth-order valence-corrected chi connectivity index (χ4v) is 1.90. The maximum Gasteiger partial charge on any atom is 0.241 e. The average molecular weight is 215 g/mol. The highest BCUT2D eigenvalue weighted by Gasteiger charge is 2.35. The zero-order chi connectivity index (χ0) is 11.4. The van der Waals surface area contributed by atoms with E-state index in [9.17, 15) is 4.79 Å². The Kier molecular flexibility index (Phi) is 4.50. The largest absolute Gasteiger partial charge is 0.383 e. The first-order valence-corrected chi connectivity index (χ1v) is 5.31. The summed E-state index contributed by atoms with van der Waals surface area (Å²) in [6, 6.07) is 0.0681. The summed E-state index contributed by atoms with van der Waals surface area (Å²) in [5, 5.41) is 0. The Morgan fingerprint density at radius 2 is 2.27 bits per heavy atom. The number of nitrogens with zero attached hydrogens (tertiary/aromatic N) is 2. The van der Waals surface area contributed by atoms with Crippen molar-refractivity contribution in [3.8, 4) is 0 Å². The third-order valence-corrected chi connectivity index (χ3v) is 3.04. The zero-order valence-corrected chi connectivity index (χ0v) is 9.77. The summed E-state index contributed by atoms with van der Waals surface area (Å²) in [5.41, 5.74) is 5.63. The van der Waals surface area contributed by atoms with Crippen LogP contribution >= 0.6 is 0 Å². The lowest BCUT2D eigenvalue weighted by molar-refractivity contribution is -0.143. The number of amides is 1. The Morgan fingerprint density at radius 1 is 1.60 bits per heavy atom. The Balaban J connectivity index is 2.64. The van der Waals surface area contributed by atoms with E-state index in [4.69, 9.17) is 10.5 Å². The molecule has 1 rings (SSSR count). The molecule has 1 saturated heterocycles. The topological polar surface area (TPSA) is 58.8 Å². The van der Waals surface area contributed by atoms with Crippen molar-refractivity contribution >= 4 is 5.91 Å². The molecule has 1 fully saturated rings. The van der Waals surface area contributed by atoms with E-state index in [-0.39, 0.29) is 18.0 Å². The predicted molar refractivity (Wildman–Crippen MR) is 58.5 cm³/mol. The highest BCUT2D eigenvalue weighted by atomic mass is 16.5. The molecule has 88 valence electrons. The van der Waals surface area contributed by atoms with Crippen LogP contribution in [0.4, 0.5) is 0 Å². The number of ether oxygens (including phenoxy) is 1. The number of rotatable bonds is 4. The van der Waals surface area contributed by atoms with Gasteiger partial charge in [-0.05, 0) is 6.92 Å². The standard InChI is InChI=1S/C10H21N3O2/c1-8-7-13(4-5-15-3)9(6-11)10(14)12(8)2/h8-9H,4-7,11H2,1-3H3. The van der Waals surface area contributed by atoms with E-state index in [2.05, 4.69) is 4.90 Å². The van der Waals surface area contributed by atoms with Crippen molar-refractivity contribution in [1.29, 1.82) is 0 Å². The number of nitrogens with two attached hydrogens (primary N) is 1. The molecule has 2 N–H and O–H groups in total. The molecule has 0 spiro atoms. The van der Waals surface area contributed by atoms with Gasteiger partial charge in [-0.15, -0.1) is 0 Å². The van der Waals surface area contributed by atoms with Gasteiger partial charge in [0.2, 0.25) is 5.91 Å². The number of carbonyl (C=O) groups excluding carboxylic acids is 1. The van der Waals surface area contributed by atoms with E-state index in [1.165, 1.54) is 0 Å². The van der Waals surface area contributed by atoms with Crippen molar-refractivity contribution in [2.24, 2.45) is 5.73 Å². The average Bonchev–Trinajstić information content (AvgIpc) is 2.23. The minimum atomic E-state index is -0.179. The molecule has 1 aliphatic heterocycles. The zero-order valence-electron chi connectivity index (χ0n) is 9.77. The summed E-state index contributed by atoms with van der Waals surface area (Å²) in [7, 11) is 3.50. The molecular weight excluding hydrogens is 194 g/mol. The van der Waals surface area contributed by atoms with Gasteiger partial charge in [0.1, 0.15) is 6.04 Å². The Labute approximate surface area is 91.2 Å². The minimum absolute atomic E-state index is 0.118. The number of hydrogen-bond acceptors (Lipinski definition) is 4. The molecule has 0 radical (unpaired) electrons. The third kappa shape index (κ3) is 2.68. The predicted octanol–water partition coefficient (Wildman–Crippen LogP) is -0.877. The van der Waals surface area contributed by atoms with Crippen LogP contribution in [0, 0.1) is 0 Å². The second-order valence-corrected chi connectivity index (χ2v) is 4.04. The summed E-state index contributed by atoms with van der Waals surface area (Å²) >= 11 is 0. The number of likely N-dealkylation sites (N-methyl/N-ethyl adjacent to an activating group) is 1. The molecule has 5 heteroatoms. The highest BCUT2D eigenvalue weighted by Crippen LogP contribution is 2.13. The maximum atomic E-state index is 11.9. The van der Waals surface area contributed by atoms with Crippen molar-refractivity contribution in [3.05, 3.63) is 0 Å². The van der Waals surface area contributed by atoms with Crippen LogP contribution in [0.3, 0.4) is 0 Å². The molecule has 0 aromatic rings. The lowest BCUT2D eigenvalue weighted by atomic mass is 10.1. The molecule has 1 aliphatic rings. The number of methoxy groups -OCH3 is 1. The fourth-order valence-electron chi connectivity index (χ4n) is 1.90. The smallest absolute Gasteiger partial charge is 0.241 e. The summed E-state index contributed by atoms with van der Waals surface area (Å²) in [6.45, 7) is 4.69. The van der Waals surface area contributed by atoms with Crippen LogP contribution in [0.25, 0.3) is 0 Å². The number of piperazine rings is 1. The van der Waals surface area contributed by atoms with Gasteiger partial charge in [0.05, 0.1) is 6.61 Å². The molecule has 0 bridgehead atoms. The fraction of sp³-hybridized carbons (Fsp3) is 0.900. The molecule has 1 heterocycles. The summed E-state index contributed by atoms with van der Waals surface area (Å²) in [5.74, 6) is 0.118. The lowest BCUT2D eigenvalue weighted by Crippen LogP contribution is -2.62. The van der Waals surface area contributed by atoms with Crippen LogP contribution in [0.5, 0.6) is 0 Å². The molecule has 15 heavy (non-hydrogen) atoms. The van der Waals surface area contributed by atoms with E-state index in [0.717, 1.165) is 13.1 Å². The molecule has 1 amide bonds. The quantitative estimate of drug-likeness (QED) is 0.662. The van der Waals surface area contributed by atoms with Gasteiger partial charge in [-0.3, -0.25) is 9.69 Å². The minimum Gasteiger partial charge on any atom is -0.383 e. The van der Waals surface area contributed by atoms with E-state index in [0.29, 0.717) is 13.2 Å². The van der Waals surface area contributed by atoms with Crippen LogP contribution in [-0.4, -0.2) is 68.2 Å².